The largest absolute Gasteiger partial charge is 0.476 e. The number of hydrogen-bond donors (Lipinski definition) is 2. The fourth-order valence-electron chi connectivity index (χ4n) is 4.26. The summed E-state index contributed by atoms with van der Waals surface area (Å²) in [6.45, 7) is 2.71. The number of benzene rings is 2. The first-order valence-electron chi connectivity index (χ1n) is 13.7. The second kappa shape index (κ2) is 15.2. The van der Waals surface area contributed by atoms with E-state index in [1.165, 1.54) is 36.0 Å². The average Bonchev–Trinajstić information content (AvgIpc) is 3.47. The van der Waals surface area contributed by atoms with Gasteiger partial charge in [0.2, 0.25) is 5.82 Å². The molecule has 236 valence electrons. The number of esters is 1. The second-order valence-electron chi connectivity index (χ2n) is 9.67. The van der Waals surface area contributed by atoms with Gasteiger partial charge < -0.3 is 24.8 Å². The lowest BCUT2D eigenvalue weighted by atomic mass is 10.1. The normalized spacial score (nSPS) is 11.7. The highest BCUT2D eigenvalue weighted by atomic mass is 35.5. The van der Waals surface area contributed by atoms with E-state index < -0.39 is 24.3 Å². The van der Waals surface area contributed by atoms with Crippen LogP contribution in [0.1, 0.15) is 17.3 Å². The average molecular weight is 642 g/mol. The molecule has 2 N–H and O–H groups in total. The van der Waals surface area contributed by atoms with Crippen LogP contribution in [-0.2, 0) is 14.3 Å². The van der Waals surface area contributed by atoms with E-state index in [0.717, 1.165) is 0 Å². The molecule has 4 rings (SSSR count). The summed E-state index contributed by atoms with van der Waals surface area (Å²) in [5.41, 5.74) is 1.27. The summed E-state index contributed by atoms with van der Waals surface area (Å²) in [4.78, 5) is 34.7. The number of nitrogens with one attached hydrogen (secondary N) is 2. The van der Waals surface area contributed by atoms with Crippen LogP contribution < -0.4 is 15.4 Å². The number of anilines is 2. The monoisotopic (exact) mass is 641 g/mol. The second-order valence-corrected chi connectivity index (χ2v) is 10.1. The fourth-order valence-corrected chi connectivity index (χ4v) is 4.52. The molecule has 0 saturated carbocycles. The number of nitriles is 1. The van der Waals surface area contributed by atoms with Gasteiger partial charge in [-0.3, -0.25) is 18.9 Å². The van der Waals surface area contributed by atoms with Crippen LogP contribution >= 0.6 is 11.6 Å². The Morgan fingerprint density at radius 2 is 1.98 bits per heavy atom. The number of aromatic nitrogens is 3. The SMILES string of the molecule is COC(=O)C(C)N(C)CCOCCNC(=O)c1ccc(Nc2nccn3c(-c4ccc(OCC#N)c(F)c4F)cnc23)cc1Cl. The van der Waals surface area contributed by atoms with Crippen LogP contribution in [0.5, 0.6) is 5.75 Å². The van der Waals surface area contributed by atoms with Crippen LogP contribution in [-0.4, -0.2) is 84.3 Å². The van der Waals surface area contributed by atoms with Gasteiger partial charge in [0.1, 0.15) is 12.1 Å². The highest BCUT2D eigenvalue weighted by Crippen LogP contribution is 2.32. The first-order valence-corrected chi connectivity index (χ1v) is 14.0. The summed E-state index contributed by atoms with van der Waals surface area (Å²) in [7, 11) is 3.13. The number of hydrogen-bond acceptors (Lipinski definition) is 10. The zero-order valence-electron chi connectivity index (χ0n) is 24.6. The third kappa shape index (κ3) is 7.82. The van der Waals surface area contributed by atoms with Crippen molar-refractivity contribution >= 4 is 40.6 Å². The van der Waals surface area contributed by atoms with Crippen molar-refractivity contribution in [1.82, 2.24) is 24.6 Å². The third-order valence-corrected chi connectivity index (χ3v) is 7.16. The quantitative estimate of drug-likeness (QED) is 0.152. The Kier molecular flexibility index (Phi) is 11.2. The van der Waals surface area contributed by atoms with Crippen LogP contribution in [0.4, 0.5) is 20.3 Å². The number of imidazole rings is 1. The third-order valence-electron chi connectivity index (χ3n) is 6.84. The predicted octanol–water partition coefficient (Wildman–Crippen LogP) is 4.21. The van der Waals surface area contributed by atoms with Crippen LogP contribution in [0.15, 0.2) is 48.9 Å². The number of halogens is 3. The molecule has 0 radical (unpaired) electrons. The molecule has 1 atom stereocenters. The summed E-state index contributed by atoms with van der Waals surface area (Å²) in [6.07, 6.45) is 4.38. The Hall–Kier alpha value is -4.84. The standard InChI is InChI=1S/C30H30ClF2N7O5/c1-18(30(42)43-3)39(2)12-15-44-14-10-36-29(41)20-5-4-19(16-22(20)31)38-27-28-37-17-23(40(28)11-9-35-27)21-6-7-24(45-13-8-34)26(33)25(21)32/h4-7,9,11,16-18H,10,12-15H2,1-3H3,(H,35,38)(H,36,41). The van der Waals surface area contributed by atoms with Crippen LogP contribution in [0.2, 0.25) is 5.02 Å². The number of rotatable bonds is 14. The minimum Gasteiger partial charge on any atom is -0.476 e. The summed E-state index contributed by atoms with van der Waals surface area (Å²) < 4.78 is 46.2. The molecule has 0 bridgehead atoms. The van der Waals surface area contributed by atoms with Crippen molar-refractivity contribution in [2.24, 2.45) is 0 Å². The van der Waals surface area contributed by atoms with Crippen molar-refractivity contribution in [3.63, 3.8) is 0 Å². The van der Waals surface area contributed by atoms with E-state index in [4.69, 9.17) is 31.1 Å². The van der Waals surface area contributed by atoms with Gasteiger partial charge in [0.05, 0.1) is 42.8 Å². The number of ether oxygens (including phenoxy) is 3. The molecule has 0 fully saturated rings. The van der Waals surface area contributed by atoms with Gasteiger partial charge in [-0.1, -0.05) is 11.6 Å². The van der Waals surface area contributed by atoms with Gasteiger partial charge in [0.25, 0.3) is 5.91 Å². The summed E-state index contributed by atoms with van der Waals surface area (Å²) >= 11 is 6.41. The molecule has 0 spiro atoms. The highest BCUT2D eigenvalue weighted by molar-refractivity contribution is 6.34. The van der Waals surface area contributed by atoms with Crippen molar-refractivity contribution < 1.29 is 32.6 Å². The first kappa shape index (κ1) is 33.1. The topological polar surface area (TPSA) is 143 Å². The lowest BCUT2D eigenvalue weighted by Crippen LogP contribution is -2.39. The van der Waals surface area contributed by atoms with Crippen molar-refractivity contribution in [3.8, 4) is 23.1 Å². The molecule has 0 saturated heterocycles. The molecule has 0 aliphatic heterocycles. The number of fused-ring (bicyclic) bond motifs is 1. The molecule has 2 aromatic carbocycles. The number of carbonyl (C=O) groups is 2. The summed E-state index contributed by atoms with van der Waals surface area (Å²) in [5.74, 6) is -3.15. The Labute approximate surface area is 262 Å². The Bertz CT molecular complexity index is 1730. The molecule has 12 nitrogen and oxygen atoms in total. The minimum absolute atomic E-state index is 0.0641. The van der Waals surface area contributed by atoms with E-state index in [1.807, 2.05) is 0 Å². The van der Waals surface area contributed by atoms with Gasteiger partial charge >= 0.3 is 5.97 Å². The van der Waals surface area contributed by atoms with Gasteiger partial charge in [-0.25, -0.2) is 14.4 Å². The van der Waals surface area contributed by atoms with Crippen LogP contribution in [0.25, 0.3) is 16.9 Å². The van der Waals surface area contributed by atoms with E-state index in [0.29, 0.717) is 30.3 Å². The molecule has 0 aliphatic rings. The number of nitrogens with zero attached hydrogens (tertiary/aromatic N) is 5. The fraction of sp³-hybridized carbons (Fsp3) is 0.300. The molecule has 15 heteroatoms. The summed E-state index contributed by atoms with van der Waals surface area (Å²) in [5, 5.41) is 14.7. The van der Waals surface area contributed by atoms with Gasteiger partial charge in [-0.05, 0) is 44.3 Å². The molecule has 1 unspecified atom stereocenters. The molecular weight excluding hydrogens is 612 g/mol. The highest BCUT2D eigenvalue weighted by Gasteiger charge is 2.20. The molecule has 0 aliphatic carbocycles. The molecule has 2 heterocycles. The minimum atomic E-state index is -1.22. The van der Waals surface area contributed by atoms with E-state index in [9.17, 15) is 18.4 Å². The lowest BCUT2D eigenvalue weighted by molar-refractivity contribution is -0.146. The summed E-state index contributed by atoms with van der Waals surface area (Å²) in [6, 6.07) is 8.63. The predicted molar refractivity (Wildman–Crippen MR) is 161 cm³/mol. The van der Waals surface area contributed by atoms with E-state index >= 15 is 0 Å². The Morgan fingerprint density at radius 1 is 1.18 bits per heavy atom. The lowest BCUT2D eigenvalue weighted by Gasteiger charge is -2.22. The maximum absolute atomic E-state index is 14.9. The molecule has 2 aromatic heterocycles. The van der Waals surface area contributed by atoms with Crippen LogP contribution in [0.3, 0.4) is 0 Å². The van der Waals surface area contributed by atoms with Crippen LogP contribution in [0, 0.1) is 23.0 Å². The van der Waals surface area contributed by atoms with Crippen molar-refractivity contribution in [2.45, 2.75) is 13.0 Å². The van der Waals surface area contributed by atoms with Crippen molar-refractivity contribution in [1.29, 1.82) is 5.26 Å². The van der Waals surface area contributed by atoms with E-state index in [1.54, 1.807) is 49.3 Å². The molecule has 1 amide bonds. The Morgan fingerprint density at radius 3 is 2.71 bits per heavy atom. The van der Waals surface area contributed by atoms with Gasteiger partial charge in [-0.2, -0.15) is 9.65 Å². The van der Waals surface area contributed by atoms with Crippen molar-refractivity contribution in [2.75, 3.05) is 52.4 Å². The number of amides is 1. The van der Waals surface area contributed by atoms with E-state index in [-0.39, 0.29) is 52.6 Å². The molecular formula is C30H30ClF2N7O5. The maximum Gasteiger partial charge on any atom is 0.322 e. The number of methoxy groups -OCH3 is 1. The smallest absolute Gasteiger partial charge is 0.322 e. The van der Waals surface area contributed by atoms with Gasteiger partial charge in [-0.15, -0.1) is 0 Å². The van der Waals surface area contributed by atoms with E-state index in [2.05, 4.69) is 20.6 Å². The zero-order valence-corrected chi connectivity index (χ0v) is 25.4. The van der Waals surface area contributed by atoms with Crippen molar-refractivity contribution in [3.05, 3.63) is 71.1 Å². The Balaban J connectivity index is 1.37. The zero-order chi connectivity index (χ0) is 32.5. The number of likely N-dealkylation sites (N-methyl/N-ethyl adjacent to an activating group) is 1. The molecule has 4 aromatic rings. The van der Waals surface area contributed by atoms with Gasteiger partial charge in [0, 0.05) is 36.7 Å². The number of carbonyl (C=O) groups excluding carboxylic acids is 2. The van der Waals surface area contributed by atoms with Gasteiger partial charge in [0.15, 0.2) is 29.6 Å². The molecule has 45 heavy (non-hydrogen) atoms. The first-order chi connectivity index (χ1) is 21.7. The maximum atomic E-state index is 14.9.